The number of hydrogen-bond donors (Lipinski definition) is 2. The number of piperazine rings is 1. The molecule has 0 aliphatic carbocycles. The Morgan fingerprint density at radius 2 is 1.46 bits per heavy atom. The van der Waals surface area contributed by atoms with Gasteiger partial charge in [0, 0.05) is 32.7 Å². The van der Waals surface area contributed by atoms with E-state index in [2.05, 4.69) is 15.2 Å². The third-order valence-electron chi connectivity index (χ3n) is 4.95. The Hall–Kier alpha value is -2.26. The van der Waals surface area contributed by atoms with Crippen LogP contribution in [0.3, 0.4) is 0 Å². The molecule has 3 N–H and O–H groups in total. The highest BCUT2D eigenvalue weighted by molar-refractivity contribution is 7.90. The zero-order chi connectivity index (χ0) is 20.0. The molecule has 0 atom stereocenters. The van der Waals surface area contributed by atoms with Crippen molar-refractivity contribution >= 4 is 15.7 Å². The van der Waals surface area contributed by atoms with Crippen molar-refractivity contribution in [1.29, 1.82) is 0 Å². The number of benzene rings is 2. The van der Waals surface area contributed by atoms with Gasteiger partial charge < -0.3 is 0 Å². The van der Waals surface area contributed by atoms with E-state index in [1.165, 1.54) is 0 Å². The van der Waals surface area contributed by atoms with Gasteiger partial charge in [0.1, 0.15) is 0 Å². The van der Waals surface area contributed by atoms with Crippen molar-refractivity contribution in [3.63, 3.8) is 0 Å². The summed E-state index contributed by atoms with van der Waals surface area (Å²) in [5, 5.41) is 0. The average molecular weight is 403 g/mol. The maximum atomic E-state index is 12.8. The van der Waals surface area contributed by atoms with Gasteiger partial charge in [-0.15, -0.1) is 0 Å². The van der Waals surface area contributed by atoms with E-state index in [4.69, 9.17) is 5.84 Å². The normalized spacial score (nSPS) is 16.0. The van der Waals surface area contributed by atoms with Crippen molar-refractivity contribution in [2.75, 3.05) is 32.7 Å². The fourth-order valence-corrected chi connectivity index (χ4v) is 4.79. The number of amides is 1. The smallest absolute Gasteiger partial charge is 0.248 e. The van der Waals surface area contributed by atoms with Gasteiger partial charge in [-0.25, -0.2) is 14.3 Å². The van der Waals surface area contributed by atoms with E-state index in [0.717, 1.165) is 37.3 Å². The van der Waals surface area contributed by atoms with Crippen LogP contribution in [0.5, 0.6) is 0 Å². The third kappa shape index (κ3) is 5.39. The quantitative estimate of drug-likeness (QED) is 0.403. The van der Waals surface area contributed by atoms with Gasteiger partial charge in [-0.05, 0) is 23.3 Å². The molecule has 150 valence electrons. The molecule has 0 radical (unpaired) electrons. The molecular weight excluding hydrogens is 376 g/mol. The van der Waals surface area contributed by atoms with Gasteiger partial charge >= 0.3 is 0 Å². The van der Waals surface area contributed by atoms with Crippen molar-refractivity contribution < 1.29 is 13.2 Å². The zero-order valence-corrected chi connectivity index (χ0v) is 16.6. The van der Waals surface area contributed by atoms with Crippen molar-refractivity contribution in [3.05, 3.63) is 65.7 Å². The van der Waals surface area contributed by atoms with Crippen LogP contribution in [0.2, 0.25) is 0 Å². The van der Waals surface area contributed by atoms with E-state index in [1.54, 1.807) is 24.3 Å². The van der Waals surface area contributed by atoms with Crippen LogP contribution in [-0.4, -0.2) is 56.8 Å². The summed E-state index contributed by atoms with van der Waals surface area (Å²) in [7, 11) is -3.38. The van der Waals surface area contributed by atoms with Gasteiger partial charge in [0.15, 0.2) is 9.84 Å². The molecule has 1 saturated heterocycles. The minimum absolute atomic E-state index is 0.0101. The Morgan fingerprint density at radius 3 is 2.11 bits per heavy atom. The lowest BCUT2D eigenvalue weighted by Crippen LogP contribution is -2.49. The van der Waals surface area contributed by atoms with Gasteiger partial charge in [-0.3, -0.25) is 20.0 Å². The summed E-state index contributed by atoms with van der Waals surface area (Å²) < 4.78 is 25.5. The number of sulfone groups is 1. The zero-order valence-electron chi connectivity index (χ0n) is 15.8. The standard InChI is InChI=1S/C20H26N4O3S/c21-22-20(25)15-24-12-10-23(11-13-24)14-17-6-4-5-7-18(17)16-28(26,27)19-8-2-1-3-9-19/h1-9H,10-16,21H2,(H,22,25). The average Bonchev–Trinajstić information content (AvgIpc) is 2.71. The molecule has 1 fully saturated rings. The fraction of sp³-hybridized carbons (Fsp3) is 0.350. The largest absolute Gasteiger partial charge is 0.297 e. The summed E-state index contributed by atoms with van der Waals surface area (Å²) in [5.41, 5.74) is 4.01. The monoisotopic (exact) mass is 402 g/mol. The van der Waals surface area contributed by atoms with E-state index < -0.39 is 9.84 Å². The Labute approximate surface area is 166 Å². The molecule has 8 heteroatoms. The van der Waals surface area contributed by atoms with Crippen molar-refractivity contribution in [1.82, 2.24) is 15.2 Å². The second-order valence-corrected chi connectivity index (χ2v) is 8.95. The molecule has 1 aliphatic heterocycles. The predicted molar refractivity (Wildman–Crippen MR) is 108 cm³/mol. The SMILES string of the molecule is NNC(=O)CN1CCN(Cc2ccccc2CS(=O)(=O)c2ccccc2)CC1. The molecule has 0 bridgehead atoms. The first-order chi connectivity index (χ1) is 13.5. The lowest BCUT2D eigenvalue weighted by atomic mass is 10.1. The van der Waals surface area contributed by atoms with Gasteiger partial charge in [0.05, 0.1) is 17.2 Å². The number of carbonyl (C=O) groups excluding carboxylic acids is 1. The molecule has 3 rings (SSSR count). The van der Waals surface area contributed by atoms with Gasteiger partial charge in [-0.2, -0.15) is 0 Å². The number of rotatable bonds is 7. The van der Waals surface area contributed by atoms with Crippen LogP contribution in [0.4, 0.5) is 0 Å². The summed E-state index contributed by atoms with van der Waals surface area (Å²) in [5.74, 6) is 4.94. The second-order valence-electron chi connectivity index (χ2n) is 6.96. The number of hydrogen-bond acceptors (Lipinski definition) is 6. The number of nitrogens with two attached hydrogens (primary N) is 1. The lowest BCUT2D eigenvalue weighted by molar-refractivity contribution is -0.122. The van der Waals surface area contributed by atoms with E-state index in [-0.39, 0.29) is 11.7 Å². The van der Waals surface area contributed by atoms with Crippen LogP contribution in [0, 0.1) is 0 Å². The van der Waals surface area contributed by atoms with Crippen LogP contribution >= 0.6 is 0 Å². The van der Waals surface area contributed by atoms with Crippen LogP contribution < -0.4 is 11.3 Å². The first kappa shape index (κ1) is 20.5. The van der Waals surface area contributed by atoms with E-state index in [1.807, 2.05) is 30.3 Å². The predicted octanol–water partition coefficient (Wildman–Crippen LogP) is 0.768. The van der Waals surface area contributed by atoms with Gasteiger partial charge in [0.2, 0.25) is 5.91 Å². The molecular formula is C20H26N4O3S. The van der Waals surface area contributed by atoms with Crippen molar-refractivity contribution in [3.8, 4) is 0 Å². The minimum Gasteiger partial charge on any atom is -0.297 e. The second kappa shape index (κ2) is 9.29. The van der Waals surface area contributed by atoms with E-state index in [9.17, 15) is 13.2 Å². The topological polar surface area (TPSA) is 95.7 Å². The molecule has 7 nitrogen and oxygen atoms in total. The van der Waals surface area contributed by atoms with Crippen LogP contribution in [-0.2, 0) is 26.9 Å². The number of carbonyl (C=O) groups is 1. The highest BCUT2D eigenvalue weighted by Gasteiger charge is 2.21. The maximum absolute atomic E-state index is 12.8. The number of nitrogens with one attached hydrogen (secondary N) is 1. The molecule has 0 aromatic heterocycles. The van der Waals surface area contributed by atoms with Crippen molar-refractivity contribution in [2.24, 2.45) is 5.84 Å². The molecule has 2 aromatic rings. The molecule has 1 aliphatic rings. The molecule has 0 saturated carbocycles. The Balaban J connectivity index is 1.64. The Morgan fingerprint density at radius 1 is 0.893 bits per heavy atom. The van der Waals surface area contributed by atoms with Crippen molar-refractivity contribution in [2.45, 2.75) is 17.2 Å². The third-order valence-corrected chi connectivity index (χ3v) is 6.63. The summed E-state index contributed by atoms with van der Waals surface area (Å²) in [6, 6.07) is 16.2. The number of nitrogens with zero attached hydrogens (tertiary/aromatic N) is 2. The molecule has 0 spiro atoms. The molecule has 0 unspecified atom stereocenters. The van der Waals surface area contributed by atoms with Crippen LogP contribution in [0.25, 0.3) is 0 Å². The highest BCUT2D eigenvalue weighted by Crippen LogP contribution is 2.20. The molecule has 1 heterocycles. The lowest BCUT2D eigenvalue weighted by Gasteiger charge is -2.34. The van der Waals surface area contributed by atoms with E-state index in [0.29, 0.717) is 18.0 Å². The Kier molecular flexibility index (Phi) is 6.79. The fourth-order valence-electron chi connectivity index (χ4n) is 3.36. The van der Waals surface area contributed by atoms with Crippen LogP contribution in [0.1, 0.15) is 11.1 Å². The summed E-state index contributed by atoms with van der Waals surface area (Å²) in [6.07, 6.45) is 0. The summed E-state index contributed by atoms with van der Waals surface area (Å²) >= 11 is 0. The first-order valence-corrected chi connectivity index (χ1v) is 10.9. The first-order valence-electron chi connectivity index (χ1n) is 9.26. The van der Waals surface area contributed by atoms with Crippen LogP contribution in [0.15, 0.2) is 59.5 Å². The molecule has 28 heavy (non-hydrogen) atoms. The van der Waals surface area contributed by atoms with E-state index >= 15 is 0 Å². The molecule has 1 amide bonds. The Bertz CT molecular complexity index is 895. The summed E-state index contributed by atoms with van der Waals surface area (Å²) in [4.78, 5) is 16.1. The highest BCUT2D eigenvalue weighted by atomic mass is 32.2. The minimum atomic E-state index is -3.38. The van der Waals surface area contributed by atoms with Gasteiger partial charge in [-0.1, -0.05) is 42.5 Å². The number of hydrazine groups is 1. The summed E-state index contributed by atoms with van der Waals surface area (Å²) in [6.45, 7) is 4.18. The maximum Gasteiger partial charge on any atom is 0.248 e. The molecule has 2 aromatic carbocycles. The van der Waals surface area contributed by atoms with Gasteiger partial charge in [0.25, 0.3) is 0 Å².